The number of carbonyl (C=O) groups excluding carboxylic acids is 2. The first kappa shape index (κ1) is 20.8. The number of carbonyl (C=O) groups is 2. The van der Waals surface area contributed by atoms with Gasteiger partial charge in [0.25, 0.3) is 0 Å². The number of nitrogens with zero attached hydrogens (tertiary/aromatic N) is 2. The maximum absolute atomic E-state index is 12.9. The van der Waals surface area contributed by atoms with Gasteiger partial charge in [0.1, 0.15) is 0 Å². The van der Waals surface area contributed by atoms with Crippen LogP contribution < -0.4 is 5.32 Å². The lowest BCUT2D eigenvalue weighted by atomic mass is 9.84. The van der Waals surface area contributed by atoms with Crippen molar-refractivity contribution in [2.75, 3.05) is 45.9 Å². The van der Waals surface area contributed by atoms with Crippen molar-refractivity contribution in [3.05, 3.63) is 35.9 Å². The van der Waals surface area contributed by atoms with Gasteiger partial charge in [-0.3, -0.25) is 14.5 Å². The molecule has 1 aromatic rings. The number of morpholine rings is 1. The third-order valence-corrected chi connectivity index (χ3v) is 5.92. The van der Waals surface area contributed by atoms with Crippen molar-refractivity contribution in [2.45, 2.75) is 38.6 Å². The van der Waals surface area contributed by atoms with Gasteiger partial charge in [-0.15, -0.1) is 0 Å². The number of amides is 2. The molecule has 6 nitrogen and oxygen atoms in total. The summed E-state index contributed by atoms with van der Waals surface area (Å²) in [6.07, 6.45) is 3.43. The molecule has 3 rings (SSSR count). The fraction of sp³-hybridized carbons (Fsp3) is 0.636. The molecule has 1 atom stereocenters. The summed E-state index contributed by atoms with van der Waals surface area (Å²) in [5.41, 5.74) is 1.11. The molecule has 1 aliphatic carbocycles. The van der Waals surface area contributed by atoms with Crippen LogP contribution in [0.15, 0.2) is 30.3 Å². The van der Waals surface area contributed by atoms with E-state index in [1.807, 2.05) is 35.2 Å². The Morgan fingerprint density at radius 3 is 2.57 bits per heavy atom. The van der Waals surface area contributed by atoms with Gasteiger partial charge in [0, 0.05) is 45.1 Å². The lowest BCUT2D eigenvalue weighted by Gasteiger charge is -2.35. The van der Waals surface area contributed by atoms with Crippen LogP contribution in [0.5, 0.6) is 0 Å². The second kappa shape index (κ2) is 10.6. The van der Waals surface area contributed by atoms with E-state index in [-0.39, 0.29) is 23.8 Å². The van der Waals surface area contributed by atoms with Crippen molar-refractivity contribution in [2.24, 2.45) is 5.92 Å². The smallest absolute Gasteiger partial charge is 0.226 e. The minimum Gasteiger partial charge on any atom is -0.379 e. The third kappa shape index (κ3) is 5.79. The Kier molecular flexibility index (Phi) is 7.86. The average Bonchev–Trinajstić information content (AvgIpc) is 2.68. The topological polar surface area (TPSA) is 61.9 Å². The van der Waals surface area contributed by atoms with Crippen LogP contribution >= 0.6 is 0 Å². The van der Waals surface area contributed by atoms with Gasteiger partial charge in [0.15, 0.2) is 0 Å². The lowest BCUT2D eigenvalue weighted by molar-refractivity contribution is -0.140. The molecule has 2 amide bonds. The van der Waals surface area contributed by atoms with Gasteiger partial charge < -0.3 is 15.0 Å². The van der Waals surface area contributed by atoms with E-state index < -0.39 is 0 Å². The molecule has 1 N–H and O–H groups in total. The lowest BCUT2D eigenvalue weighted by Crippen LogP contribution is -2.43. The molecule has 2 aliphatic rings. The zero-order chi connectivity index (χ0) is 19.8. The Balaban J connectivity index is 1.49. The van der Waals surface area contributed by atoms with Crippen LogP contribution in [-0.4, -0.2) is 67.6 Å². The van der Waals surface area contributed by atoms with Crippen LogP contribution in [0.25, 0.3) is 0 Å². The quantitative estimate of drug-likeness (QED) is 0.706. The molecule has 1 heterocycles. The van der Waals surface area contributed by atoms with Gasteiger partial charge in [-0.1, -0.05) is 36.8 Å². The molecule has 1 saturated carbocycles. The summed E-state index contributed by atoms with van der Waals surface area (Å²) < 4.78 is 5.34. The molecule has 0 bridgehead atoms. The highest BCUT2D eigenvalue weighted by Gasteiger charge is 2.32. The molecule has 1 aliphatic heterocycles. The second-order valence-corrected chi connectivity index (χ2v) is 7.80. The van der Waals surface area contributed by atoms with Crippen LogP contribution in [0.1, 0.15) is 44.2 Å². The van der Waals surface area contributed by atoms with E-state index in [1.165, 1.54) is 0 Å². The number of nitrogens with one attached hydrogen (secondary N) is 1. The van der Waals surface area contributed by atoms with E-state index in [0.29, 0.717) is 19.5 Å². The van der Waals surface area contributed by atoms with Gasteiger partial charge in [0.2, 0.25) is 11.8 Å². The highest BCUT2D eigenvalue weighted by Crippen LogP contribution is 2.31. The predicted molar refractivity (Wildman–Crippen MR) is 109 cm³/mol. The summed E-state index contributed by atoms with van der Waals surface area (Å²) in [4.78, 5) is 29.5. The fourth-order valence-corrected chi connectivity index (χ4v) is 3.78. The Bertz CT molecular complexity index is 627. The van der Waals surface area contributed by atoms with E-state index in [2.05, 4.69) is 17.1 Å². The molecule has 0 spiro atoms. The molecule has 28 heavy (non-hydrogen) atoms. The maximum Gasteiger partial charge on any atom is 0.226 e. The summed E-state index contributed by atoms with van der Waals surface area (Å²) in [5, 5.41) is 3.00. The van der Waals surface area contributed by atoms with Crippen LogP contribution in [0.4, 0.5) is 0 Å². The van der Waals surface area contributed by atoms with E-state index in [9.17, 15) is 9.59 Å². The number of hydrogen-bond donors (Lipinski definition) is 1. The van der Waals surface area contributed by atoms with Gasteiger partial charge in [-0.25, -0.2) is 0 Å². The largest absolute Gasteiger partial charge is 0.379 e. The molecule has 0 aromatic heterocycles. The van der Waals surface area contributed by atoms with Crippen molar-refractivity contribution in [3.63, 3.8) is 0 Å². The minimum absolute atomic E-state index is 0.0138. The Morgan fingerprint density at radius 2 is 1.93 bits per heavy atom. The van der Waals surface area contributed by atoms with Gasteiger partial charge >= 0.3 is 0 Å². The Labute approximate surface area is 168 Å². The monoisotopic (exact) mass is 387 g/mol. The van der Waals surface area contributed by atoms with Gasteiger partial charge in [0.05, 0.1) is 19.3 Å². The molecule has 1 aromatic carbocycles. The zero-order valence-corrected chi connectivity index (χ0v) is 16.9. The van der Waals surface area contributed by atoms with Crippen LogP contribution in [0.2, 0.25) is 0 Å². The second-order valence-electron chi connectivity index (χ2n) is 7.80. The summed E-state index contributed by atoms with van der Waals surface area (Å²) >= 11 is 0. The van der Waals surface area contributed by atoms with Crippen molar-refractivity contribution in [3.8, 4) is 0 Å². The number of hydrogen-bond acceptors (Lipinski definition) is 4. The van der Waals surface area contributed by atoms with Gasteiger partial charge in [-0.2, -0.15) is 0 Å². The fourth-order valence-electron chi connectivity index (χ4n) is 3.78. The first-order chi connectivity index (χ1) is 13.6. The van der Waals surface area contributed by atoms with Crippen molar-refractivity contribution >= 4 is 11.8 Å². The van der Waals surface area contributed by atoms with Crippen molar-refractivity contribution < 1.29 is 14.3 Å². The van der Waals surface area contributed by atoms with Crippen LogP contribution in [0, 0.1) is 5.92 Å². The molecule has 154 valence electrons. The van der Waals surface area contributed by atoms with E-state index >= 15 is 0 Å². The van der Waals surface area contributed by atoms with E-state index in [1.54, 1.807) is 0 Å². The number of ether oxygens (including phenoxy) is 1. The predicted octanol–water partition coefficient (Wildman–Crippen LogP) is 2.21. The SMILES string of the molecule is CC(c1ccccc1)N(CCC(=O)NCCN1CCOCC1)C(=O)C1CCC1. The Morgan fingerprint density at radius 1 is 1.21 bits per heavy atom. The highest BCUT2D eigenvalue weighted by atomic mass is 16.5. The first-order valence-electron chi connectivity index (χ1n) is 10.6. The summed E-state index contributed by atoms with van der Waals surface area (Å²) in [5.74, 6) is 0.346. The Hall–Kier alpha value is -1.92. The number of benzene rings is 1. The molecular formula is C22H33N3O3. The van der Waals surface area contributed by atoms with Crippen LogP contribution in [-0.2, 0) is 14.3 Å². The zero-order valence-electron chi connectivity index (χ0n) is 16.9. The third-order valence-electron chi connectivity index (χ3n) is 5.92. The highest BCUT2D eigenvalue weighted by molar-refractivity contribution is 5.81. The summed E-state index contributed by atoms with van der Waals surface area (Å²) in [7, 11) is 0. The van der Waals surface area contributed by atoms with Crippen molar-refractivity contribution in [1.82, 2.24) is 15.1 Å². The molecule has 2 fully saturated rings. The molecule has 6 heteroatoms. The molecule has 0 radical (unpaired) electrons. The molecule has 1 saturated heterocycles. The first-order valence-corrected chi connectivity index (χ1v) is 10.6. The summed E-state index contributed by atoms with van der Waals surface area (Å²) in [6, 6.07) is 10.1. The number of rotatable bonds is 9. The average molecular weight is 388 g/mol. The van der Waals surface area contributed by atoms with E-state index in [0.717, 1.165) is 57.7 Å². The maximum atomic E-state index is 12.9. The summed E-state index contributed by atoms with van der Waals surface area (Å²) in [6.45, 7) is 7.40. The van der Waals surface area contributed by atoms with Crippen LogP contribution in [0.3, 0.4) is 0 Å². The minimum atomic E-state index is -0.0181. The standard InChI is InChI=1S/C22H33N3O3/c1-18(19-6-3-2-4-7-19)25(22(27)20-8-5-9-20)12-10-21(26)23-11-13-24-14-16-28-17-15-24/h2-4,6-7,18,20H,5,8-17H2,1H3,(H,23,26). The van der Waals surface area contributed by atoms with Gasteiger partial charge in [-0.05, 0) is 25.3 Å². The normalized spacial score (nSPS) is 18.9. The molecular weight excluding hydrogens is 354 g/mol. The van der Waals surface area contributed by atoms with Crippen molar-refractivity contribution in [1.29, 1.82) is 0 Å². The van der Waals surface area contributed by atoms with E-state index in [4.69, 9.17) is 4.74 Å². The molecule has 1 unspecified atom stereocenters.